The van der Waals surface area contributed by atoms with Crippen LogP contribution in [0.2, 0.25) is 0 Å². The molecule has 5 nitrogen and oxygen atoms in total. The van der Waals surface area contributed by atoms with Crippen LogP contribution in [0.15, 0.2) is 18.2 Å². The summed E-state index contributed by atoms with van der Waals surface area (Å²) in [7, 11) is 1.68. The zero-order chi connectivity index (χ0) is 17.6. The molecule has 5 heteroatoms. The van der Waals surface area contributed by atoms with E-state index in [9.17, 15) is 4.79 Å². The van der Waals surface area contributed by atoms with Crippen molar-refractivity contribution in [2.75, 3.05) is 7.11 Å². The van der Waals surface area contributed by atoms with E-state index in [1.807, 2.05) is 12.1 Å². The molecule has 2 fully saturated rings. The first-order chi connectivity index (χ1) is 12.2. The highest BCUT2D eigenvalue weighted by Crippen LogP contribution is 2.35. The fourth-order valence-electron chi connectivity index (χ4n) is 3.97. The second-order valence-corrected chi connectivity index (χ2v) is 7.24. The topological polar surface area (TPSA) is 67.8 Å². The number of para-hydroxylation sites is 1. The van der Waals surface area contributed by atoms with E-state index in [4.69, 9.17) is 14.6 Å². The van der Waals surface area contributed by atoms with Crippen LogP contribution in [0.25, 0.3) is 0 Å². The summed E-state index contributed by atoms with van der Waals surface area (Å²) in [5, 5.41) is 12.7. The molecule has 2 saturated carbocycles. The minimum atomic E-state index is -0.654. The molecular formula is C20H29NO4. The van der Waals surface area contributed by atoms with Crippen LogP contribution in [-0.2, 0) is 11.3 Å². The molecule has 0 atom stereocenters. The van der Waals surface area contributed by atoms with Gasteiger partial charge >= 0.3 is 5.97 Å². The number of ether oxygens (including phenoxy) is 2. The first-order valence-corrected chi connectivity index (χ1v) is 9.46. The highest BCUT2D eigenvalue weighted by atomic mass is 16.5. The Balaban J connectivity index is 1.60. The number of hydrogen-bond donors (Lipinski definition) is 2. The SMILES string of the molecule is COc1cccc(CNC2CCC(C(=O)O)CC2)c1OC1CCCC1. The van der Waals surface area contributed by atoms with Crippen molar-refractivity contribution in [3.63, 3.8) is 0 Å². The zero-order valence-electron chi connectivity index (χ0n) is 15.0. The lowest BCUT2D eigenvalue weighted by Crippen LogP contribution is -2.34. The summed E-state index contributed by atoms with van der Waals surface area (Å²) in [6.45, 7) is 0.724. The number of nitrogens with one attached hydrogen (secondary N) is 1. The van der Waals surface area contributed by atoms with Crippen molar-refractivity contribution in [1.82, 2.24) is 5.32 Å². The number of methoxy groups -OCH3 is 1. The number of benzene rings is 1. The molecule has 0 saturated heterocycles. The fraction of sp³-hybridized carbons (Fsp3) is 0.650. The largest absolute Gasteiger partial charge is 0.493 e. The molecule has 0 heterocycles. The fourth-order valence-corrected chi connectivity index (χ4v) is 3.97. The maximum Gasteiger partial charge on any atom is 0.306 e. The standard InChI is InChI=1S/C20H29NO4/c1-24-18-8-4-5-15(19(18)25-17-6-2-3-7-17)13-21-16-11-9-14(10-12-16)20(22)23/h4-5,8,14,16-17,21H,2-3,6-7,9-13H2,1H3,(H,22,23). The van der Waals surface area contributed by atoms with Crippen molar-refractivity contribution in [2.24, 2.45) is 5.92 Å². The van der Waals surface area contributed by atoms with Gasteiger partial charge in [-0.1, -0.05) is 12.1 Å². The van der Waals surface area contributed by atoms with E-state index in [1.54, 1.807) is 7.11 Å². The Morgan fingerprint density at radius 2 is 1.88 bits per heavy atom. The van der Waals surface area contributed by atoms with Crippen molar-refractivity contribution in [3.05, 3.63) is 23.8 Å². The summed E-state index contributed by atoms with van der Waals surface area (Å²) in [6, 6.07) is 6.41. The molecule has 0 unspecified atom stereocenters. The molecule has 0 amide bonds. The Hall–Kier alpha value is -1.75. The van der Waals surface area contributed by atoms with Gasteiger partial charge in [-0.3, -0.25) is 4.79 Å². The van der Waals surface area contributed by atoms with Gasteiger partial charge in [-0.15, -0.1) is 0 Å². The van der Waals surface area contributed by atoms with Crippen molar-refractivity contribution in [3.8, 4) is 11.5 Å². The quantitative estimate of drug-likeness (QED) is 0.786. The van der Waals surface area contributed by atoms with E-state index >= 15 is 0 Å². The average molecular weight is 347 g/mol. The third-order valence-electron chi connectivity index (χ3n) is 5.52. The molecule has 1 aromatic rings. The van der Waals surface area contributed by atoms with Gasteiger partial charge in [0.25, 0.3) is 0 Å². The number of carboxylic acid groups (broad SMARTS) is 1. The molecule has 2 aliphatic rings. The summed E-state index contributed by atoms with van der Waals surface area (Å²) >= 11 is 0. The van der Waals surface area contributed by atoms with Crippen LogP contribution in [0.5, 0.6) is 11.5 Å². The van der Waals surface area contributed by atoms with Gasteiger partial charge in [0, 0.05) is 18.2 Å². The lowest BCUT2D eigenvalue weighted by molar-refractivity contribution is -0.142. The number of aliphatic carboxylic acids is 1. The number of rotatable bonds is 7. The molecule has 0 bridgehead atoms. The second-order valence-electron chi connectivity index (χ2n) is 7.24. The molecule has 25 heavy (non-hydrogen) atoms. The molecule has 3 rings (SSSR count). The third-order valence-corrected chi connectivity index (χ3v) is 5.52. The van der Waals surface area contributed by atoms with Gasteiger partial charge in [0.2, 0.25) is 0 Å². The van der Waals surface area contributed by atoms with Gasteiger partial charge in [-0.05, 0) is 57.4 Å². The van der Waals surface area contributed by atoms with Crippen molar-refractivity contribution < 1.29 is 19.4 Å². The van der Waals surface area contributed by atoms with E-state index in [1.165, 1.54) is 12.8 Å². The van der Waals surface area contributed by atoms with Crippen molar-refractivity contribution in [1.29, 1.82) is 0 Å². The van der Waals surface area contributed by atoms with Gasteiger partial charge in [0.15, 0.2) is 11.5 Å². The number of hydrogen-bond acceptors (Lipinski definition) is 4. The van der Waals surface area contributed by atoms with Crippen molar-refractivity contribution in [2.45, 2.75) is 70.1 Å². The van der Waals surface area contributed by atoms with Gasteiger partial charge in [0.1, 0.15) is 0 Å². The third kappa shape index (κ3) is 4.66. The Bertz CT molecular complexity index is 575. The lowest BCUT2D eigenvalue weighted by Gasteiger charge is -2.27. The monoisotopic (exact) mass is 347 g/mol. The first kappa shape index (κ1) is 18.1. The maximum absolute atomic E-state index is 11.1. The van der Waals surface area contributed by atoms with Gasteiger partial charge in [0.05, 0.1) is 19.1 Å². The van der Waals surface area contributed by atoms with E-state index in [0.29, 0.717) is 12.1 Å². The smallest absolute Gasteiger partial charge is 0.306 e. The van der Waals surface area contributed by atoms with Crippen LogP contribution < -0.4 is 14.8 Å². The summed E-state index contributed by atoms with van der Waals surface area (Å²) in [4.78, 5) is 11.1. The van der Waals surface area contributed by atoms with E-state index in [0.717, 1.165) is 62.1 Å². The van der Waals surface area contributed by atoms with Gasteiger partial charge in [-0.25, -0.2) is 0 Å². The van der Waals surface area contributed by atoms with Crippen LogP contribution in [0, 0.1) is 5.92 Å². The van der Waals surface area contributed by atoms with Crippen LogP contribution in [0.4, 0.5) is 0 Å². The Labute approximate surface area is 149 Å². The molecular weight excluding hydrogens is 318 g/mol. The lowest BCUT2D eigenvalue weighted by atomic mass is 9.86. The molecule has 138 valence electrons. The molecule has 2 N–H and O–H groups in total. The minimum absolute atomic E-state index is 0.170. The average Bonchev–Trinajstić information content (AvgIpc) is 3.14. The Kier molecular flexibility index (Phi) is 6.19. The van der Waals surface area contributed by atoms with Crippen LogP contribution in [-0.4, -0.2) is 30.3 Å². The molecule has 0 aromatic heterocycles. The van der Waals surface area contributed by atoms with E-state index < -0.39 is 5.97 Å². The Morgan fingerprint density at radius 3 is 2.52 bits per heavy atom. The zero-order valence-corrected chi connectivity index (χ0v) is 15.0. The van der Waals surface area contributed by atoms with Crippen LogP contribution in [0.3, 0.4) is 0 Å². The van der Waals surface area contributed by atoms with Gasteiger partial charge < -0.3 is 19.9 Å². The van der Waals surface area contributed by atoms with E-state index in [2.05, 4.69) is 11.4 Å². The number of carboxylic acids is 1. The molecule has 0 aliphatic heterocycles. The maximum atomic E-state index is 11.1. The summed E-state index contributed by atoms with van der Waals surface area (Å²) in [6.07, 6.45) is 8.35. The molecule has 0 spiro atoms. The van der Waals surface area contributed by atoms with Crippen LogP contribution >= 0.6 is 0 Å². The van der Waals surface area contributed by atoms with E-state index in [-0.39, 0.29) is 5.92 Å². The molecule has 2 aliphatic carbocycles. The second kappa shape index (κ2) is 8.56. The molecule has 0 radical (unpaired) electrons. The summed E-state index contributed by atoms with van der Waals surface area (Å²) < 4.78 is 11.8. The normalized spacial score (nSPS) is 24.2. The summed E-state index contributed by atoms with van der Waals surface area (Å²) in [5.41, 5.74) is 1.12. The Morgan fingerprint density at radius 1 is 1.16 bits per heavy atom. The van der Waals surface area contributed by atoms with Crippen LogP contribution in [0.1, 0.15) is 56.9 Å². The van der Waals surface area contributed by atoms with Crippen molar-refractivity contribution >= 4 is 5.97 Å². The predicted molar refractivity (Wildman–Crippen MR) is 96.1 cm³/mol. The predicted octanol–water partition coefficient (Wildman–Crippen LogP) is 3.75. The molecule has 1 aromatic carbocycles. The highest BCUT2D eigenvalue weighted by molar-refractivity contribution is 5.70. The summed E-state index contributed by atoms with van der Waals surface area (Å²) in [5.74, 6) is 0.832. The first-order valence-electron chi connectivity index (χ1n) is 9.46. The number of carbonyl (C=O) groups is 1. The minimum Gasteiger partial charge on any atom is -0.493 e. The highest BCUT2D eigenvalue weighted by Gasteiger charge is 2.26. The van der Waals surface area contributed by atoms with Gasteiger partial charge in [-0.2, -0.15) is 0 Å².